The SMILES string of the molecule is CSCCC(C)NCC(=O)NCC#N. The quantitative estimate of drug-likeness (QED) is 0.602. The second kappa shape index (κ2) is 8.85. The molecule has 14 heavy (non-hydrogen) atoms. The smallest absolute Gasteiger partial charge is 0.234 e. The number of nitriles is 1. The molecule has 0 fully saturated rings. The Morgan fingerprint density at radius 2 is 2.36 bits per heavy atom. The minimum Gasteiger partial charge on any atom is -0.342 e. The van der Waals surface area contributed by atoms with Crippen molar-refractivity contribution in [2.24, 2.45) is 0 Å². The number of carbonyl (C=O) groups excluding carboxylic acids is 1. The first-order chi connectivity index (χ1) is 6.70. The van der Waals surface area contributed by atoms with Crippen molar-refractivity contribution in [2.75, 3.05) is 25.1 Å². The molecule has 80 valence electrons. The predicted molar refractivity (Wildman–Crippen MR) is 59.1 cm³/mol. The van der Waals surface area contributed by atoms with Gasteiger partial charge in [0, 0.05) is 6.04 Å². The van der Waals surface area contributed by atoms with E-state index in [4.69, 9.17) is 5.26 Å². The molecule has 0 aromatic carbocycles. The van der Waals surface area contributed by atoms with Gasteiger partial charge in [0.15, 0.2) is 0 Å². The van der Waals surface area contributed by atoms with Crippen molar-refractivity contribution in [3.63, 3.8) is 0 Å². The highest BCUT2D eigenvalue weighted by Gasteiger charge is 2.03. The zero-order valence-corrected chi connectivity index (χ0v) is 9.49. The van der Waals surface area contributed by atoms with E-state index < -0.39 is 0 Å². The van der Waals surface area contributed by atoms with Crippen molar-refractivity contribution < 1.29 is 4.79 Å². The Balaban J connectivity index is 3.41. The van der Waals surface area contributed by atoms with Gasteiger partial charge in [0.1, 0.15) is 6.54 Å². The Morgan fingerprint density at radius 1 is 1.64 bits per heavy atom. The van der Waals surface area contributed by atoms with E-state index >= 15 is 0 Å². The molecule has 1 unspecified atom stereocenters. The summed E-state index contributed by atoms with van der Waals surface area (Å²) in [6, 6.07) is 2.20. The van der Waals surface area contributed by atoms with E-state index in [0.717, 1.165) is 12.2 Å². The molecule has 5 heteroatoms. The van der Waals surface area contributed by atoms with Gasteiger partial charge in [-0.05, 0) is 25.4 Å². The Bertz CT molecular complexity index is 203. The summed E-state index contributed by atoms with van der Waals surface area (Å²) in [5.41, 5.74) is 0. The third-order valence-corrected chi connectivity index (χ3v) is 2.37. The maximum absolute atomic E-state index is 11.1. The summed E-state index contributed by atoms with van der Waals surface area (Å²) in [5.74, 6) is 0.969. The summed E-state index contributed by atoms with van der Waals surface area (Å²) in [7, 11) is 0. The second-order valence-electron chi connectivity index (χ2n) is 3.00. The van der Waals surface area contributed by atoms with Crippen LogP contribution in [0, 0.1) is 11.3 Å². The zero-order chi connectivity index (χ0) is 10.8. The molecule has 4 nitrogen and oxygen atoms in total. The lowest BCUT2D eigenvalue weighted by Crippen LogP contribution is -2.38. The molecule has 0 spiro atoms. The van der Waals surface area contributed by atoms with Crippen LogP contribution in [0.5, 0.6) is 0 Å². The average molecular weight is 215 g/mol. The molecule has 0 heterocycles. The van der Waals surface area contributed by atoms with Gasteiger partial charge in [-0.2, -0.15) is 17.0 Å². The molecular formula is C9H17N3OS. The van der Waals surface area contributed by atoms with Gasteiger partial charge in [-0.25, -0.2) is 0 Å². The van der Waals surface area contributed by atoms with Crippen molar-refractivity contribution in [2.45, 2.75) is 19.4 Å². The molecule has 2 N–H and O–H groups in total. The van der Waals surface area contributed by atoms with Crippen LogP contribution in [0.1, 0.15) is 13.3 Å². The monoisotopic (exact) mass is 215 g/mol. The van der Waals surface area contributed by atoms with Crippen molar-refractivity contribution >= 4 is 17.7 Å². The van der Waals surface area contributed by atoms with Gasteiger partial charge in [0.05, 0.1) is 12.6 Å². The summed E-state index contributed by atoms with van der Waals surface area (Å²) < 4.78 is 0. The molecule has 0 aliphatic heterocycles. The van der Waals surface area contributed by atoms with Gasteiger partial charge in [-0.15, -0.1) is 0 Å². The van der Waals surface area contributed by atoms with E-state index in [-0.39, 0.29) is 19.0 Å². The van der Waals surface area contributed by atoms with Crippen LogP contribution in [0.2, 0.25) is 0 Å². The van der Waals surface area contributed by atoms with Gasteiger partial charge < -0.3 is 10.6 Å². The van der Waals surface area contributed by atoms with Gasteiger partial charge in [0.2, 0.25) is 5.91 Å². The topological polar surface area (TPSA) is 64.9 Å². The predicted octanol–water partition coefficient (Wildman–Crippen LogP) is 0.357. The number of nitrogens with one attached hydrogen (secondary N) is 2. The molecule has 0 aromatic heterocycles. The molecule has 0 rings (SSSR count). The normalized spacial score (nSPS) is 11.8. The molecule has 0 aromatic rings. The van der Waals surface area contributed by atoms with Crippen molar-refractivity contribution in [1.82, 2.24) is 10.6 Å². The Kier molecular flexibility index (Phi) is 8.39. The van der Waals surface area contributed by atoms with E-state index in [0.29, 0.717) is 6.04 Å². The van der Waals surface area contributed by atoms with Crippen LogP contribution in [0.3, 0.4) is 0 Å². The first-order valence-electron chi connectivity index (χ1n) is 4.56. The van der Waals surface area contributed by atoms with Gasteiger partial charge in [0.25, 0.3) is 0 Å². The summed E-state index contributed by atoms with van der Waals surface area (Å²) in [4.78, 5) is 11.1. The highest BCUT2D eigenvalue weighted by atomic mass is 32.2. The lowest BCUT2D eigenvalue weighted by Gasteiger charge is -2.12. The second-order valence-corrected chi connectivity index (χ2v) is 3.98. The van der Waals surface area contributed by atoms with Crippen molar-refractivity contribution in [1.29, 1.82) is 5.26 Å². The standard InChI is InChI=1S/C9H17N3OS/c1-8(3-6-14-2)12-7-9(13)11-5-4-10/h8,12H,3,5-7H2,1-2H3,(H,11,13). The van der Waals surface area contributed by atoms with Crippen LogP contribution in [0.4, 0.5) is 0 Å². The fourth-order valence-corrected chi connectivity index (χ4v) is 1.45. The van der Waals surface area contributed by atoms with Crippen LogP contribution in [-0.2, 0) is 4.79 Å². The first kappa shape index (κ1) is 13.3. The van der Waals surface area contributed by atoms with Crippen LogP contribution < -0.4 is 10.6 Å². The number of carbonyl (C=O) groups is 1. The van der Waals surface area contributed by atoms with Gasteiger partial charge in [-0.1, -0.05) is 0 Å². The highest BCUT2D eigenvalue weighted by molar-refractivity contribution is 7.98. The number of hydrogen-bond acceptors (Lipinski definition) is 4. The minimum absolute atomic E-state index is 0.0830. The number of nitrogens with zero attached hydrogens (tertiary/aromatic N) is 1. The number of amides is 1. The van der Waals surface area contributed by atoms with E-state index in [1.54, 1.807) is 11.8 Å². The Labute approximate surface area is 89.4 Å². The maximum atomic E-state index is 11.1. The third-order valence-electron chi connectivity index (χ3n) is 1.73. The molecule has 1 atom stereocenters. The lowest BCUT2D eigenvalue weighted by atomic mass is 10.2. The Hall–Kier alpha value is -0.730. The lowest BCUT2D eigenvalue weighted by molar-refractivity contribution is -0.120. The van der Waals surface area contributed by atoms with Crippen molar-refractivity contribution in [3.8, 4) is 6.07 Å². The molecule has 0 aliphatic carbocycles. The largest absolute Gasteiger partial charge is 0.342 e. The van der Waals surface area contributed by atoms with Crippen LogP contribution in [-0.4, -0.2) is 37.0 Å². The van der Waals surface area contributed by atoms with E-state index in [1.165, 1.54) is 0 Å². The fourth-order valence-electron chi connectivity index (χ4n) is 0.864. The zero-order valence-electron chi connectivity index (χ0n) is 8.67. The molecule has 0 aliphatic rings. The Morgan fingerprint density at radius 3 is 2.93 bits per heavy atom. The van der Waals surface area contributed by atoms with Crippen molar-refractivity contribution in [3.05, 3.63) is 0 Å². The summed E-state index contributed by atoms with van der Waals surface area (Å²) in [5, 5.41) is 13.8. The fraction of sp³-hybridized carbons (Fsp3) is 0.778. The number of rotatable bonds is 7. The first-order valence-corrected chi connectivity index (χ1v) is 5.96. The van der Waals surface area contributed by atoms with Gasteiger partial charge in [-0.3, -0.25) is 4.79 Å². The van der Waals surface area contributed by atoms with E-state index in [9.17, 15) is 4.79 Å². The summed E-state index contributed by atoms with van der Waals surface area (Å²) >= 11 is 1.79. The van der Waals surface area contributed by atoms with Gasteiger partial charge >= 0.3 is 0 Å². The molecule has 0 saturated heterocycles. The summed E-state index contributed by atoms with van der Waals surface area (Å²) in [6.07, 6.45) is 3.11. The minimum atomic E-state index is -0.123. The molecule has 0 saturated carbocycles. The maximum Gasteiger partial charge on any atom is 0.234 e. The molecule has 1 amide bonds. The number of thioether (sulfide) groups is 1. The van der Waals surface area contributed by atoms with E-state index in [1.807, 2.05) is 13.0 Å². The molecule has 0 bridgehead atoms. The number of hydrogen-bond donors (Lipinski definition) is 2. The third kappa shape index (κ3) is 7.90. The van der Waals surface area contributed by atoms with E-state index in [2.05, 4.69) is 16.9 Å². The van der Waals surface area contributed by atoms with Crippen LogP contribution in [0.25, 0.3) is 0 Å². The highest BCUT2D eigenvalue weighted by Crippen LogP contribution is 1.98. The summed E-state index contributed by atoms with van der Waals surface area (Å²) in [6.45, 7) is 2.42. The average Bonchev–Trinajstić information content (AvgIpc) is 2.20. The molecular weight excluding hydrogens is 198 g/mol. The van der Waals surface area contributed by atoms with Crippen LogP contribution in [0.15, 0.2) is 0 Å². The van der Waals surface area contributed by atoms with Crippen LogP contribution >= 0.6 is 11.8 Å². The molecule has 0 radical (unpaired) electrons.